The average molecular weight is 163 g/mol. The summed E-state index contributed by atoms with van der Waals surface area (Å²) in [6.07, 6.45) is -2.36. The summed E-state index contributed by atoms with van der Waals surface area (Å²) in [6.45, 7) is 0. The Labute approximate surface area is 62.7 Å². The fourth-order valence-corrected chi connectivity index (χ4v) is 0.455. The van der Waals surface area contributed by atoms with E-state index in [1.807, 2.05) is 0 Å². The number of halogens is 1. The van der Waals surface area contributed by atoms with E-state index in [1.165, 1.54) is 0 Å². The van der Waals surface area contributed by atoms with E-state index in [0.717, 1.165) is 0 Å². The lowest BCUT2D eigenvalue weighted by Gasteiger charge is -2.07. The van der Waals surface area contributed by atoms with Crippen molar-refractivity contribution in [3.05, 3.63) is 0 Å². The topological polar surface area (TPSA) is 112 Å². The molecule has 11 heavy (non-hydrogen) atoms. The Bertz CT molecular complexity index is 155. The summed E-state index contributed by atoms with van der Waals surface area (Å²) in [5, 5.41) is 0. The Morgan fingerprint density at radius 3 is 2.00 bits per heavy atom. The van der Waals surface area contributed by atoms with Gasteiger partial charge in [-0.3, -0.25) is 9.59 Å². The first kappa shape index (κ1) is 9.83. The maximum Gasteiger partial charge on any atom is 0.252 e. The smallest absolute Gasteiger partial charge is 0.252 e. The summed E-state index contributed by atoms with van der Waals surface area (Å²) < 4.78 is 12.4. The molecule has 0 aliphatic heterocycles. The minimum Gasteiger partial charge on any atom is -0.368 e. The first-order valence-electron chi connectivity index (χ1n) is 2.93. The van der Waals surface area contributed by atoms with Crippen LogP contribution in [0.3, 0.4) is 0 Å². The van der Waals surface area contributed by atoms with Crippen molar-refractivity contribution in [1.82, 2.24) is 0 Å². The molecule has 0 aromatic rings. The Hall–Kier alpha value is -1.17. The van der Waals surface area contributed by atoms with Crippen molar-refractivity contribution in [2.75, 3.05) is 0 Å². The highest BCUT2D eigenvalue weighted by molar-refractivity contribution is 5.82. The predicted molar refractivity (Wildman–Crippen MR) is 35.9 cm³/mol. The highest BCUT2D eigenvalue weighted by atomic mass is 19.1. The van der Waals surface area contributed by atoms with Gasteiger partial charge in [0.05, 0.1) is 6.04 Å². The van der Waals surface area contributed by atoms with E-state index in [1.54, 1.807) is 0 Å². The molecule has 64 valence electrons. The zero-order valence-electron chi connectivity index (χ0n) is 5.79. The van der Waals surface area contributed by atoms with Gasteiger partial charge in [0.25, 0.3) is 5.91 Å². The normalized spacial score (nSPS) is 15.5. The largest absolute Gasteiger partial charge is 0.368 e. The molecule has 0 saturated carbocycles. The van der Waals surface area contributed by atoms with Gasteiger partial charge in [0, 0.05) is 6.42 Å². The molecule has 6 heteroatoms. The van der Waals surface area contributed by atoms with E-state index in [9.17, 15) is 14.0 Å². The van der Waals surface area contributed by atoms with Crippen molar-refractivity contribution in [2.45, 2.75) is 18.6 Å². The van der Waals surface area contributed by atoms with Gasteiger partial charge in [-0.05, 0) is 0 Å². The van der Waals surface area contributed by atoms with Crippen molar-refractivity contribution >= 4 is 11.8 Å². The number of primary amides is 2. The number of rotatable bonds is 4. The van der Waals surface area contributed by atoms with Crippen LogP contribution in [0.15, 0.2) is 0 Å². The molecule has 0 aliphatic rings. The van der Waals surface area contributed by atoms with Gasteiger partial charge < -0.3 is 17.2 Å². The van der Waals surface area contributed by atoms with Crippen LogP contribution in [0.25, 0.3) is 0 Å². The molecule has 0 bridgehead atoms. The number of carbonyl (C=O) groups excluding carboxylic acids is 2. The fourth-order valence-electron chi connectivity index (χ4n) is 0.455. The SMILES string of the molecule is NC(=O)[C@H](F)C[C@H](N)C(N)=O. The number of amides is 2. The lowest BCUT2D eigenvalue weighted by molar-refractivity contribution is -0.124. The summed E-state index contributed by atoms with van der Waals surface area (Å²) in [6, 6.07) is -1.16. The van der Waals surface area contributed by atoms with Crippen LogP contribution in [0.4, 0.5) is 4.39 Å². The van der Waals surface area contributed by atoms with E-state index in [-0.39, 0.29) is 0 Å². The van der Waals surface area contributed by atoms with Crippen LogP contribution in [0.5, 0.6) is 0 Å². The van der Waals surface area contributed by atoms with Crippen LogP contribution in [0.1, 0.15) is 6.42 Å². The van der Waals surface area contributed by atoms with E-state index in [4.69, 9.17) is 11.5 Å². The van der Waals surface area contributed by atoms with Crippen molar-refractivity contribution in [2.24, 2.45) is 17.2 Å². The molecule has 0 radical (unpaired) electrons. The zero-order valence-corrected chi connectivity index (χ0v) is 5.79. The van der Waals surface area contributed by atoms with Crippen molar-refractivity contribution in [1.29, 1.82) is 0 Å². The van der Waals surface area contributed by atoms with Crippen LogP contribution >= 0.6 is 0 Å². The van der Waals surface area contributed by atoms with Crippen molar-refractivity contribution in [3.63, 3.8) is 0 Å². The number of carbonyl (C=O) groups is 2. The third kappa shape index (κ3) is 3.51. The molecule has 0 saturated heterocycles. The molecule has 2 atom stereocenters. The summed E-state index contributed by atoms with van der Waals surface area (Å²) in [7, 11) is 0. The van der Waals surface area contributed by atoms with Crippen LogP contribution in [-0.4, -0.2) is 24.0 Å². The Balaban J connectivity index is 3.84. The maximum absolute atomic E-state index is 12.4. The van der Waals surface area contributed by atoms with Gasteiger partial charge in [-0.25, -0.2) is 4.39 Å². The molecule has 0 aromatic heterocycles. The van der Waals surface area contributed by atoms with Crippen LogP contribution < -0.4 is 17.2 Å². The van der Waals surface area contributed by atoms with E-state index in [0.29, 0.717) is 0 Å². The number of alkyl halides is 1. The third-order valence-corrected chi connectivity index (χ3v) is 1.14. The van der Waals surface area contributed by atoms with Crippen LogP contribution in [0.2, 0.25) is 0 Å². The second kappa shape index (κ2) is 3.87. The van der Waals surface area contributed by atoms with E-state index >= 15 is 0 Å². The molecular weight excluding hydrogens is 153 g/mol. The number of nitrogens with two attached hydrogens (primary N) is 3. The lowest BCUT2D eigenvalue weighted by atomic mass is 10.1. The van der Waals surface area contributed by atoms with Gasteiger partial charge in [0.1, 0.15) is 0 Å². The second-order valence-corrected chi connectivity index (χ2v) is 2.11. The summed E-state index contributed by atoms with van der Waals surface area (Å²) >= 11 is 0. The maximum atomic E-state index is 12.4. The van der Waals surface area contributed by atoms with Gasteiger partial charge >= 0.3 is 0 Å². The quantitative estimate of drug-likeness (QED) is 0.446. The molecule has 6 N–H and O–H groups in total. The molecule has 5 nitrogen and oxygen atoms in total. The Morgan fingerprint density at radius 2 is 1.73 bits per heavy atom. The van der Waals surface area contributed by atoms with Crippen LogP contribution in [0, 0.1) is 0 Å². The minimum absolute atomic E-state index is 0.454. The molecule has 0 aromatic carbocycles. The first-order valence-corrected chi connectivity index (χ1v) is 2.93. The Kier molecular flexibility index (Phi) is 3.46. The number of hydrogen-bond acceptors (Lipinski definition) is 3. The predicted octanol–water partition coefficient (Wildman–Crippen LogP) is -1.99. The molecule has 2 amide bonds. The average Bonchev–Trinajstić information content (AvgIpc) is 1.87. The van der Waals surface area contributed by atoms with Gasteiger partial charge in [-0.1, -0.05) is 0 Å². The third-order valence-electron chi connectivity index (χ3n) is 1.14. The van der Waals surface area contributed by atoms with Crippen LogP contribution in [-0.2, 0) is 9.59 Å². The molecule has 0 rings (SSSR count). The van der Waals surface area contributed by atoms with Gasteiger partial charge in [-0.15, -0.1) is 0 Å². The lowest BCUT2D eigenvalue weighted by Crippen LogP contribution is -2.41. The van der Waals surface area contributed by atoms with Gasteiger partial charge in [-0.2, -0.15) is 0 Å². The standard InChI is InChI=1S/C5H10FN3O2/c6-2(4(8)10)1-3(7)5(9)11/h2-3H,1,7H2,(H2,8,10)(H2,9,11)/t2-,3+/m1/s1. The summed E-state index contributed by atoms with van der Waals surface area (Å²) in [5.74, 6) is -1.99. The molecule has 0 spiro atoms. The minimum atomic E-state index is -1.91. The monoisotopic (exact) mass is 163 g/mol. The molecular formula is C5H10FN3O2. The Morgan fingerprint density at radius 1 is 1.27 bits per heavy atom. The van der Waals surface area contributed by atoms with E-state index in [2.05, 4.69) is 5.73 Å². The van der Waals surface area contributed by atoms with Gasteiger partial charge in [0.2, 0.25) is 5.91 Å². The molecule has 0 aliphatic carbocycles. The first-order chi connectivity index (χ1) is 4.95. The zero-order chi connectivity index (χ0) is 9.02. The fraction of sp³-hybridized carbons (Fsp3) is 0.600. The highest BCUT2D eigenvalue weighted by Gasteiger charge is 2.20. The van der Waals surface area contributed by atoms with Crippen molar-refractivity contribution in [3.8, 4) is 0 Å². The summed E-state index contributed by atoms with van der Waals surface area (Å²) in [4.78, 5) is 20.3. The molecule has 0 fully saturated rings. The van der Waals surface area contributed by atoms with Gasteiger partial charge in [0.15, 0.2) is 6.17 Å². The summed E-state index contributed by atoms with van der Waals surface area (Å²) in [5.41, 5.74) is 14.3. The highest BCUT2D eigenvalue weighted by Crippen LogP contribution is 1.99. The number of hydrogen-bond donors (Lipinski definition) is 3. The van der Waals surface area contributed by atoms with Crippen molar-refractivity contribution < 1.29 is 14.0 Å². The molecule has 0 heterocycles. The van der Waals surface area contributed by atoms with E-state index < -0.39 is 30.4 Å². The molecule has 0 unspecified atom stereocenters. The second-order valence-electron chi connectivity index (χ2n) is 2.11.